The van der Waals surface area contributed by atoms with E-state index in [1.165, 1.54) is 0 Å². The van der Waals surface area contributed by atoms with Crippen LogP contribution in [0.5, 0.6) is 0 Å². The fourth-order valence-corrected chi connectivity index (χ4v) is 0.649. The van der Waals surface area contributed by atoms with Crippen molar-refractivity contribution >= 4 is 0 Å². The Labute approximate surface area is 67.9 Å². The Balaban J connectivity index is 2.69. The maximum absolute atomic E-state index is 8.35. The van der Waals surface area contributed by atoms with Crippen LogP contribution < -0.4 is 10.6 Å². The van der Waals surface area contributed by atoms with Crippen molar-refractivity contribution in [3.05, 3.63) is 0 Å². The van der Waals surface area contributed by atoms with E-state index >= 15 is 0 Å². The second kappa shape index (κ2) is 9.84. The first-order valence-corrected chi connectivity index (χ1v) is 3.95. The van der Waals surface area contributed by atoms with Gasteiger partial charge in [0.1, 0.15) is 0 Å². The zero-order chi connectivity index (χ0) is 8.36. The lowest BCUT2D eigenvalue weighted by atomic mass is 10.6. The number of ether oxygens (including phenoxy) is 1. The molecule has 0 rings (SSSR count). The number of aliphatic hydroxyl groups is 1. The summed E-state index contributed by atoms with van der Waals surface area (Å²) < 4.78 is 5.03. The van der Waals surface area contributed by atoms with Gasteiger partial charge in [-0.1, -0.05) is 0 Å². The van der Waals surface area contributed by atoms with Gasteiger partial charge in [0, 0.05) is 19.6 Å². The van der Waals surface area contributed by atoms with Gasteiger partial charge >= 0.3 is 0 Å². The lowest BCUT2D eigenvalue weighted by Crippen LogP contribution is -2.27. The smallest absolute Gasteiger partial charge is 0.0698 e. The summed E-state index contributed by atoms with van der Waals surface area (Å²) in [5, 5.41) is 14.6. The van der Waals surface area contributed by atoms with Crippen LogP contribution in [-0.2, 0) is 4.74 Å². The molecule has 0 aromatic rings. The molecule has 11 heavy (non-hydrogen) atoms. The number of hydrogen-bond acceptors (Lipinski definition) is 4. The topological polar surface area (TPSA) is 53.5 Å². The van der Waals surface area contributed by atoms with Gasteiger partial charge in [0.2, 0.25) is 0 Å². The van der Waals surface area contributed by atoms with Crippen LogP contribution in [0.4, 0.5) is 0 Å². The highest BCUT2D eigenvalue weighted by Gasteiger charge is 1.86. The fourth-order valence-electron chi connectivity index (χ4n) is 0.649. The number of aliphatic hydroxyl groups excluding tert-OH is 1. The second-order valence-electron chi connectivity index (χ2n) is 2.19. The highest BCUT2D eigenvalue weighted by molar-refractivity contribution is 4.47. The Bertz CT molecular complexity index is 63.5. The van der Waals surface area contributed by atoms with Gasteiger partial charge in [-0.3, -0.25) is 0 Å². The summed E-state index contributed by atoms with van der Waals surface area (Å²) in [7, 11) is 1.92. The molecule has 0 aromatic heterocycles. The Kier molecular flexibility index (Phi) is 9.70. The fraction of sp³-hybridized carbons (Fsp3) is 1.00. The largest absolute Gasteiger partial charge is 0.394 e. The molecule has 0 bridgehead atoms. The maximum Gasteiger partial charge on any atom is 0.0698 e. The van der Waals surface area contributed by atoms with Crippen molar-refractivity contribution in [3.63, 3.8) is 0 Å². The average Bonchev–Trinajstić information content (AvgIpc) is 2.03. The number of rotatable bonds is 8. The van der Waals surface area contributed by atoms with Crippen LogP contribution in [0.25, 0.3) is 0 Å². The van der Waals surface area contributed by atoms with E-state index in [0.29, 0.717) is 13.2 Å². The molecule has 3 N–H and O–H groups in total. The lowest BCUT2D eigenvalue weighted by Gasteiger charge is -2.03. The molecule has 0 amide bonds. The van der Waals surface area contributed by atoms with Gasteiger partial charge in [-0.25, -0.2) is 0 Å². The van der Waals surface area contributed by atoms with E-state index < -0.39 is 0 Å². The molecule has 0 aliphatic rings. The summed E-state index contributed by atoms with van der Waals surface area (Å²) in [4.78, 5) is 0. The minimum atomic E-state index is 0.108. The minimum Gasteiger partial charge on any atom is -0.394 e. The molecule has 0 aliphatic carbocycles. The molecule has 0 heterocycles. The molecule has 0 fully saturated rings. The maximum atomic E-state index is 8.35. The highest BCUT2D eigenvalue weighted by Crippen LogP contribution is 1.70. The van der Waals surface area contributed by atoms with Crippen molar-refractivity contribution in [2.75, 3.05) is 46.5 Å². The predicted octanol–water partition coefficient (Wildman–Crippen LogP) is -1.20. The summed E-state index contributed by atoms with van der Waals surface area (Å²) in [6, 6.07) is 0. The molecule has 0 aromatic carbocycles. The monoisotopic (exact) mass is 162 g/mol. The molecular weight excluding hydrogens is 144 g/mol. The third-order valence-corrected chi connectivity index (χ3v) is 1.21. The van der Waals surface area contributed by atoms with E-state index in [1.54, 1.807) is 0 Å². The molecule has 68 valence electrons. The molecule has 0 saturated carbocycles. The van der Waals surface area contributed by atoms with Crippen LogP contribution in [0, 0.1) is 0 Å². The standard InChI is InChI=1S/C7H18N2O2/c1-8-2-3-9-4-6-11-7-5-10/h8-10H,2-7H2,1H3. The summed E-state index contributed by atoms with van der Waals surface area (Å²) in [5.41, 5.74) is 0. The van der Waals surface area contributed by atoms with Crippen LogP contribution in [0.15, 0.2) is 0 Å². The van der Waals surface area contributed by atoms with Crippen molar-refractivity contribution < 1.29 is 9.84 Å². The van der Waals surface area contributed by atoms with E-state index in [2.05, 4.69) is 10.6 Å². The molecule has 4 heteroatoms. The van der Waals surface area contributed by atoms with Crippen LogP contribution in [0.3, 0.4) is 0 Å². The number of nitrogens with one attached hydrogen (secondary N) is 2. The van der Waals surface area contributed by atoms with Crippen molar-refractivity contribution in [2.24, 2.45) is 0 Å². The summed E-state index contributed by atoms with van der Waals surface area (Å²) in [6.07, 6.45) is 0. The lowest BCUT2D eigenvalue weighted by molar-refractivity contribution is 0.0940. The van der Waals surface area contributed by atoms with Crippen LogP contribution in [0.2, 0.25) is 0 Å². The first-order valence-electron chi connectivity index (χ1n) is 3.95. The zero-order valence-electron chi connectivity index (χ0n) is 7.10. The van der Waals surface area contributed by atoms with Gasteiger partial charge in [-0.15, -0.1) is 0 Å². The van der Waals surface area contributed by atoms with E-state index in [-0.39, 0.29) is 6.61 Å². The Morgan fingerprint density at radius 3 is 2.64 bits per heavy atom. The highest BCUT2D eigenvalue weighted by atomic mass is 16.5. The zero-order valence-corrected chi connectivity index (χ0v) is 7.10. The first kappa shape index (κ1) is 10.8. The summed E-state index contributed by atoms with van der Waals surface area (Å²) >= 11 is 0. The Morgan fingerprint density at radius 1 is 1.18 bits per heavy atom. The van der Waals surface area contributed by atoms with Crippen molar-refractivity contribution in [3.8, 4) is 0 Å². The van der Waals surface area contributed by atoms with Crippen LogP contribution >= 0.6 is 0 Å². The second-order valence-corrected chi connectivity index (χ2v) is 2.19. The average molecular weight is 162 g/mol. The van der Waals surface area contributed by atoms with E-state index in [4.69, 9.17) is 9.84 Å². The van der Waals surface area contributed by atoms with E-state index in [9.17, 15) is 0 Å². The van der Waals surface area contributed by atoms with E-state index in [1.807, 2.05) is 7.05 Å². The van der Waals surface area contributed by atoms with Crippen LogP contribution in [-0.4, -0.2) is 51.6 Å². The van der Waals surface area contributed by atoms with Gasteiger partial charge in [-0.2, -0.15) is 0 Å². The summed E-state index contributed by atoms with van der Waals surface area (Å²) in [6.45, 7) is 4.00. The molecule has 0 saturated heterocycles. The number of likely N-dealkylation sites (N-methyl/N-ethyl adjacent to an activating group) is 1. The molecule has 0 unspecified atom stereocenters. The number of hydrogen-bond donors (Lipinski definition) is 3. The quantitative estimate of drug-likeness (QED) is 0.393. The third-order valence-electron chi connectivity index (χ3n) is 1.21. The minimum absolute atomic E-state index is 0.108. The predicted molar refractivity (Wildman–Crippen MR) is 44.7 cm³/mol. The molecule has 0 atom stereocenters. The van der Waals surface area contributed by atoms with Gasteiger partial charge in [0.05, 0.1) is 19.8 Å². The van der Waals surface area contributed by atoms with E-state index in [0.717, 1.165) is 19.6 Å². The third kappa shape index (κ3) is 9.84. The first-order chi connectivity index (χ1) is 5.41. The molecule has 0 aliphatic heterocycles. The van der Waals surface area contributed by atoms with Gasteiger partial charge in [0.25, 0.3) is 0 Å². The molecular formula is C7H18N2O2. The van der Waals surface area contributed by atoms with Gasteiger partial charge < -0.3 is 20.5 Å². The summed E-state index contributed by atoms with van der Waals surface area (Å²) in [5.74, 6) is 0. The van der Waals surface area contributed by atoms with Crippen molar-refractivity contribution in [2.45, 2.75) is 0 Å². The Hall–Kier alpha value is -0.160. The Morgan fingerprint density at radius 2 is 2.00 bits per heavy atom. The van der Waals surface area contributed by atoms with Crippen molar-refractivity contribution in [1.29, 1.82) is 0 Å². The molecule has 0 radical (unpaired) electrons. The van der Waals surface area contributed by atoms with Crippen LogP contribution in [0.1, 0.15) is 0 Å². The molecule has 4 nitrogen and oxygen atoms in total. The van der Waals surface area contributed by atoms with Gasteiger partial charge in [-0.05, 0) is 7.05 Å². The van der Waals surface area contributed by atoms with Gasteiger partial charge in [0.15, 0.2) is 0 Å². The SMILES string of the molecule is CNCCNCCOCCO. The van der Waals surface area contributed by atoms with Crippen molar-refractivity contribution in [1.82, 2.24) is 10.6 Å². The normalized spacial score (nSPS) is 10.4. The molecule has 0 spiro atoms.